The number of fused-ring (bicyclic) bond motifs is 1. The second-order valence-electron chi connectivity index (χ2n) is 6.70. The quantitative estimate of drug-likeness (QED) is 0.531. The summed E-state index contributed by atoms with van der Waals surface area (Å²) in [7, 11) is 0. The number of esters is 1. The molecule has 1 aliphatic rings. The smallest absolute Gasteiger partial charge is 0.329 e. The molecule has 1 aliphatic heterocycles. The van der Waals surface area contributed by atoms with Crippen LogP contribution in [-0.2, 0) is 20.9 Å². The first-order valence-electron chi connectivity index (χ1n) is 9.39. The van der Waals surface area contributed by atoms with Gasteiger partial charge in [0, 0.05) is 13.1 Å². The first-order valence-corrected chi connectivity index (χ1v) is 9.39. The van der Waals surface area contributed by atoms with E-state index in [-0.39, 0.29) is 17.0 Å². The molecule has 3 amide bonds. The lowest BCUT2D eigenvalue weighted by Gasteiger charge is -2.23. The Morgan fingerprint density at radius 2 is 1.52 bits per heavy atom. The van der Waals surface area contributed by atoms with E-state index in [4.69, 9.17) is 4.74 Å². The molecular formula is C22H22N2O5. The Morgan fingerprint density at radius 1 is 0.966 bits per heavy atom. The first-order chi connectivity index (χ1) is 13.9. The van der Waals surface area contributed by atoms with E-state index in [0.29, 0.717) is 13.1 Å². The zero-order valence-corrected chi connectivity index (χ0v) is 16.3. The van der Waals surface area contributed by atoms with Crippen molar-refractivity contribution in [2.45, 2.75) is 26.4 Å². The van der Waals surface area contributed by atoms with Gasteiger partial charge in [-0.2, -0.15) is 0 Å². The summed E-state index contributed by atoms with van der Waals surface area (Å²) in [5.74, 6) is -2.23. The van der Waals surface area contributed by atoms with Crippen molar-refractivity contribution < 1.29 is 23.9 Å². The van der Waals surface area contributed by atoms with Gasteiger partial charge in [-0.05, 0) is 31.5 Å². The van der Waals surface area contributed by atoms with Crippen molar-refractivity contribution >= 4 is 23.7 Å². The molecule has 0 aliphatic carbocycles. The standard InChI is InChI=1S/C22H22N2O5/c1-3-23(13-16-9-5-4-6-10-16)19(25)14-29-22(28)15(2)24-20(26)17-11-7-8-12-18(17)21(24)27/h4-12,15H,3,13-14H2,1-2H3/t15-/m1/s1. The zero-order valence-electron chi connectivity index (χ0n) is 16.3. The van der Waals surface area contributed by atoms with Gasteiger partial charge in [-0.1, -0.05) is 42.5 Å². The third kappa shape index (κ3) is 4.18. The first kappa shape index (κ1) is 20.3. The summed E-state index contributed by atoms with van der Waals surface area (Å²) in [5.41, 5.74) is 1.48. The molecule has 0 fully saturated rings. The summed E-state index contributed by atoms with van der Waals surface area (Å²) in [6.07, 6.45) is 0. The molecule has 0 saturated heterocycles. The lowest BCUT2D eigenvalue weighted by atomic mass is 10.1. The van der Waals surface area contributed by atoms with Crippen LogP contribution in [0.15, 0.2) is 54.6 Å². The maximum atomic E-state index is 12.5. The van der Waals surface area contributed by atoms with Crippen LogP contribution in [0.3, 0.4) is 0 Å². The SMILES string of the molecule is CCN(Cc1ccccc1)C(=O)COC(=O)[C@@H](C)N1C(=O)c2ccccc2C1=O. The third-order valence-electron chi connectivity index (χ3n) is 4.84. The van der Waals surface area contributed by atoms with Crippen molar-refractivity contribution in [3.05, 3.63) is 71.3 Å². The Balaban J connectivity index is 1.59. The molecule has 0 radical (unpaired) electrons. The van der Waals surface area contributed by atoms with E-state index >= 15 is 0 Å². The lowest BCUT2D eigenvalue weighted by molar-refractivity contribution is -0.155. The Hall–Kier alpha value is -3.48. The van der Waals surface area contributed by atoms with Crippen LogP contribution in [0.25, 0.3) is 0 Å². The van der Waals surface area contributed by atoms with Crippen LogP contribution in [0.5, 0.6) is 0 Å². The van der Waals surface area contributed by atoms with Crippen molar-refractivity contribution in [2.75, 3.05) is 13.2 Å². The van der Waals surface area contributed by atoms with Crippen LogP contribution in [0.1, 0.15) is 40.1 Å². The molecule has 1 atom stereocenters. The van der Waals surface area contributed by atoms with E-state index in [1.807, 2.05) is 37.3 Å². The summed E-state index contributed by atoms with van der Waals surface area (Å²) in [6, 6.07) is 14.7. The summed E-state index contributed by atoms with van der Waals surface area (Å²) < 4.78 is 5.12. The topological polar surface area (TPSA) is 84.0 Å². The fraction of sp³-hybridized carbons (Fsp3) is 0.273. The number of carbonyl (C=O) groups excluding carboxylic acids is 4. The predicted octanol–water partition coefficient (Wildman–Crippen LogP) is 2.26. The zero-order chi connectivity index (χ0) is 21.0. The van der Waals surface area contributed by atoms with Gasteiger partial charge in [0.1, 0.15) is 6.04 Å². The van der Waals surface area contributed by atoms with E-state index < -0.39 is 30.4 Å². The number of hydrogen-bond acceptors (Lipinski definition) is 5. The number of benzene rings is 2. The van der Waals surface area contributed by atoms with Crippen LogP contribution in [0.4, 0.5) is 0 Å². The highest BCUT2D eigenvalue weighted by atomic mass is 16.5. The Kier molecular flexibility index (Phi) is 6.07. The number of ether oxygens (including phenoxy) is 1. The van der Waals surface area contributed by atoms with Gasteiger partial charge in [-0.3, -0.25) is 19.3 Å². The van der Waals surface area contributed by atoms with E-state index in [2.05, 4.69) is 0 Å². The molecule has 7 heteroatoms. The molecule has 0 aromatic heterocycles. The van der Waals surface area contributed by atoms with Crippen molar-refractivity contribution in [1.82, 2.24) is 9.80 Å². The van der Waals surface area contributed by atoms with Crippen LogP contribution in [-0.4, -0.2) is 52.7 Å². The second-order valence-corrected chi connectivity index (χ2v) is 6.70. The van der Waals surface area contributed by atoms with Gasteiger partial charge in [-0.25, -0.2) is 4.79 Å². The highest BCUT2D eigenvalue weighted by Gasteiger charge is 2.41. The average Bonchev–Trinajstić information content (AvgIpc) is 3.00. The molecule has 2 aromatic carbocycles. The minimum atomic E-state index is -1.13. The maximum absolute atomic E-state index is 12.5. The van der Waals surface area contributed by atoms with Crippen molar-refractivity contribution in [3.63, 3.8) is 0 Å². The normalized spacial score (nSPS) is 13.8. The van der Waals surface area contributed by atoms with Gasteiger partial charge in [0.25, 0.3) is 17.7 Å². The second kappa shape index (κ2) is 8.68. The molecule has 0 N–H and O–H groups in total. The lowest BCUT2D eigenvalue weighted by Crippen LogP contribution is -2.44. The number of carbonyl (C=O) groups is 4. The molecule has 2 aromatic rings. The highest BCUT2D eigenvalue weighted by Crippen LogP contribution is 2.24. The molecule has 150 valence electrons. The average molecular weight is 394 g/mol. The minimum absolute atomic E-state index is 0.258. The fourth-order valence-electron chi connectivity index (χ4n) is 3.19. The summed E-state index contributed by atoms with van der Waals surface area (Å²) in [5, 5.41) is 0. The van der Waals surface area contributed by atoms with Gasteiger partial charge >= 0.3 is 5.97 Å². The fourth-order valence-corrected chi connectivity index (χ4v) is 3.19. The summed E-state index contributed by atoms with van der Waals surface area (Å²) >= 11 is 0. The summed E-state index contributed by atoms with van der Waals surface area (Å²) in [4.78, 5) is 52.2. The number of likely N-dealkylation sites (N-methyl/N-ethyl adjacent to an activating group) is 1. The molecule has 7 nitrogen and oxygen atoms in total. The molecule has 3 rings (SSSR count). The van der Waals surface area contributed by atoms with Crippen LogP contribution in [0.2, 0.25) is 0 Å². The van der Waals surface area contributed by atoms with E-state index in [1.54, 1.807) is 29.2 Å². The molecule has 0 spiro atoms. The molecule has 1 heterocycles. The van der Waals surface area contributed by atoms with Gasteiger partial charge in [-0.15, -0.1) is 0 Å². The van der Waals surface area contributed by atoms with Crippen LogP contribution < -0.4 is 0 Å². The molecule has 29 heavy (non-hydrogen) atoms. The largest absolute Gasteiger partial charge is 0.454 e. The Labute approximate surface area is 168 Å². The van der Waals surface area contributed by atoms with Gasteiger partial charge in [0.05, 0.1) is 11.1 Å². The Bertz CT molecular complexity index is 906. The number of rotatable bonds is 7. The van der Waals surface area contributed by atoms with Crippen molar-refractivity contribution in [3.8, 4) is 0 Å². The molecule has 0 saturated carbocycles. The van der Waals surface area contributed by atoms with E-state index in [1.165, 1.54) is 6.92 Å². The molecule has 0 unspecified atom stereocenters. The number of amides is 3. The number of nitrogens with zero attached hydrogens (tertiary/aromatic N) is 2. The Morgan fingerprint density at radius 3 is 2.07 bits per heavy atom. The monoisotopic (exact) mass is 394 g/mol. The molecule has 0 bridgehead atoms. The molecular weight excluding hydrogens is 372 g/mol. The van der Waals surface area contributed by atoms with E-state index in [9.17, 15) is 19.2 Å². The van der Waals surface area contributed by atoms with E-state index in [0.717, 1.165) is 10.5 Å². The van der Waals surface area contributed by atoms with Crippen molar-refractivity contribution in [2.24, 2.45) is 0 Å². The van der Waals surface area contributed by atoms with Crippen LogP contribution in [0, 0.1) is 0 Å². The highest BCUT2D eigenvalue weighted by molar-refractivity contribution is 6.22. The van der Waals surface area contributed by atoms with Crippen LogP contribution >= 0.6 is 0 Å². The number of imide groups is 1. The third-order valence-corrected chi connectivity index (χ3v) is 4.84. The summed E-state index contributed by atoms with van der Waals surface area (Å²) in [6.45, 7) is 3.66. The van der Waals surface area contributed by atoms with Gasteiger partial charge in [0.15, 0.2) is 6.61 Å². The predicted molar refractivity (Wildman–Crippen MR) is 105 cm³/mol. The van der Waals surface area contributed by atoms with Gasteiger partial charge in [0.2, 0.25) is 0 Å². The van der Waals surface area contributed by atoms with Gasteiger partial charge < -0.3 is 9.64 Å². The minimum Gasteiger partial charge on any atom is -0.454 e. The maximum Gasteiger partial charge on any atom is 0.329 e. The number of hydrogen-bond donors (Lipinski definition) is 0. The van der Waals surface area contributed by atoms with Crippen molar-refractivity contribution in [1.29, 1.82) is 0 Å².